The first-order valence-corrected chi connectivity index (χ1v) is 16.4. The second-order valence-electron chi connectivity index (χ2n) is 14.0. The summed E-state index contributed by atoms with van der Waals surface area (Å²) in [6, 6.07) is 8.66. The molecule has 4 aliphatic heterocycles. The van der Waals surface area contributed by atoms with E-state index >= 15 is 0 Å². The van der Waals surface area contributed by atoms with E-state index in [0.29, 0.717) is 0 Å². The van der Waals surface area contributed by atoms with Crippen molar-refractivity contribution in [3.8, 4) is 6.07 Å². The molecule has 5 heterocycles. The van der Waals surface area contributed by atoms with Crippen LogP contribution in [0.4, 0.5) is 30.2 Å². The Bertz CT molecular complexity index is 2030. The van der Waals surface area contributed by atoms with Crippen LogP contribution >= 0.6 is 0 Å². The number of nitrogens with one attached hydrogen (secondary N) is 2. The number of piperidine rings is 2. The highest BCUT2D eigenvalue weighted by molar-refractivity contribution is 6.23. The number of nitrogens with zero attached hydrogens (tertiary/aromatic N) is 6. The van der Waals surface area contributed by atoms with Gasteiger partial charge in [0.2, 0.25) is 11.8 Å². The molecule has 3 fully saturated rings. The Morgan fingerprint density at radius 2 is 1.69 bits per heavy atom. The van der Waals surface area contributed by atoms with Gasteiger partial charge in [0.1, 0.15) is 11.6 Å². The lowest BCUT2D eigenvalue weighted by Crippen LogP contribution is -2.60. The minimum Gasteiger partial charge on any atom is -0.370 e. The van der Waals surface area contributed by atoms with Crippen molar-refractivity contribution in [2.24, 2.45) is 5.41 Å². The number of carbonyl (C=O) groups is 5. The molecule has 0 radical (unpaired) electrons. The molecule has 1 spiro atoms. The normalized spacial score (nSPS) is 20.2. The summed E-state index contributed by atoms with van der Waals surface area (Å²) in [7, 11) is 0. The number of aromatic nitrogens is 2. The monoisotopic (exact) mass is 702 g/mol. The van der Waals surface area contributed by atoms with Gasteiger partial charge in [-0.25, -0.2) is 0 Å². The molecule has 51 heavy (non-hydrogen) atoms. The van der Waals surface area contributed by atoms with Gasteiger partial charge in [-0.3, -0.25) is 38.9 Å². The van der Waals surface area contributed by atoms with E-state index in [9.17, 15) is 37.1 Å². The van der Waals surface area contributed by atoms with Crippen LogP contribution in [0, 0.1) is 16.7 Å². The average molecular weight is 703 g/mol. The minimum atomic E-state index is -4.75. The fraction of sp³-hybridized carbons (Fsp3) is 0.400. The molecule has 13 nitrogen and oxygen atoms in total. The third-order valence-corrected chi connectivity index (χ3v) is 10.4. The fourth-order valence-corrected chi connectivity index (χ4v) is 7.28. The Kier molecular flexibility index (Phi) is 7.92. The lowest BCUT2D eigenvalue weighted by molar-refractivity contribution is -0.138. The number of rotatable bonds is 6. The molecule has 264 valence electrons. The number of alkyl halides is 3. The van der Waals surface area contributed by atoms with Crippen LogP contribution in [-0.2, 0) is 26.1 Å². The molecule has 3 saturated heterocycles. The van der Waals surface area contributed by atoms with E-state index in [4.69, 9.17) is 5.26 Å². The number of fused-ring (bicyclic) bond motifs is 1. The van der Waals surface area contributed by atoms with Gasteiger partial charge in [0, 0.05) is 55.6 Å². The van der Waals surface area contributed by atoms with Crippen LogP contribution in [0.1, 0.15) is 71.4 Å². The molecule has 4 aliphatic rings. The molecular formula is C35H33F3N8O5. The number of hydrogen-bond donors (Lipinski definition) is 2. The molecule has 0 saturated carbocycles. The maximum absolute atomic E-state index is 13.4. The molecule has 1 atom stereocenters. The van der Waals surface area contributed by atoms with E-state index in [1.807, 2.05) is 6.07 Å². The van der Waals surface area contributed by atoms with Gasteiger partial charge in [0.15, 0.2) is 0 Å². The third-order valence-electron chi connectivity index (χ3n) is 10.4. The Hall–Kier alpha value is -5.72. The summed E-state index contributed by atoms with van der Waals surface area (Å²) >= 11 is 0. The zero-order valence-corrected chi connectivity index (χ0v) is 27.7. The predicted molar refractivity (Wildman–Crippen MR) is 176 cm³/mol. The summed E-state index contributed by atoms with van der Waals surface area (Å²) in [5.74, 6) is -2.74. The number of imide groups is 2. The molecule has 0 bridgehead atoms. The van der Waals surface area contributed by atoms with Gasteiger partial charge in [-0.2, -0.15) is 23.5 Å². The van der Waals surface area contributed by atoms with Crippen molar-refractivity contribution >= 4 is 46.6 Å². The molecule has 7 rings (SSSR count). The van der Waals surface area contributed by atoms with Gasteiger partial charge >= 0.3 is 6.18 Å². The topological polar surface area (TPSA) is 161 Å². The van der Waals surface area contributed by atoms with Crippen molar-refractivity contribution in [3.63, 3.8) is 0 Å². The maximum Gasteiger partial charge on any atom is 0.417 e. The van der Waals surface area contributed by atoms with Gasteiger partial charge in [0.05, 0.1) is 40.2 Å². The van der Waals surface area contributed by atoms with Gasteiger partial charge < -0.3 is 15.1 Å². The zero-order valence-electron chi connectivity index (χ0n) is 27.7. The molecular weight excluding hydrogens is 669 g/mol. The second-order valence-corrected chi connectivity index (χ2v) is 14.0. The highest BCUT2D eigenvalue weighted by atomic mass is 19.4. The molecule has 3 aromatic rings. The van der Waals surface area contributed by atoms with E-state index in [2.05, 4.69) is 25.5 Å². The van der Waals surface area contributed by atoms with E-state index in [0.717, 1.165) is 67.4 Å². The second kappa shape index (κ2) is 12.0. The van der Waals surface area contributed by atoms with Crippen LogP contribution in [0.25, 0.3) is 0 Å². The SMILES string of the molecule is CC(C)(C(=O)Nc1ccc(C#N)c(C(F)(F)F)c1)n1cc(N2CCC3(CC2)CN(c2ccc4c(c2)C(=O)N(C2CCC(=O)NC2=O)C4=O)C3)cn1. The van der Waals surface area contributed by atoms with Crippen LogP contribution < -0.4 is 20.4 Å². The number of anilines is 3. The lowest BCUT2D eigenvalue weighted by Gasteiger charge is -2.55. The van der Waals surface area contributed by atoms with Crippen LogP contribution in [0.5, 0.6) is 0 Å². The molecule has 0 aliphatic carbocycles. The molecule has 1 unspecified atom stereocenters. The Balaban J connectivity index is 0.956. The van der Waals surface area contributed by atoms with Gasteiger partial charge in [0.25, 0.3) is 17.7 Å². The predicted octanol–water partition coefficient (Wildman–Crippen LogP) is 3.66. The van der Waals surface area contributed by atoms with Crippen molar-refractivity contribution in [3.05, 3.63) is 71.0 Å². The number of amides is 5. The third kappa shape index (κ3) is 5.85. The van der Waals surface area contributed by atoms with Crippen molar-refractivity contribution in [2.75, 3.05) is 41.3 Å². The van der Waals surface area contributed by atoms with Crippen molar-refractivity contribution in [1.82, 2.24) is 20.0 Å². The van der Waals surface area contributed by atoms with Crippen LogP contribution in [0.2, 0.25) is 0 Å². The summed E-state index contributed by atoms with van der Waals surface area (Å²) in [6.45, 7) is 6.20. The average Bonchev–Trinajstić information content (AvgIpc) is 3.67. The Morgan fingerprint density at radius 3 is 2.35 bits per heavy atom. The van der Waals surface area contributed by atoms with Gasteiger partial charge in [-0.1, -0.05) is 0 Å². The largest absolute Gasteiger partial charge is 0.417 e. The van der Waals surface area contributed by atoms with E-state index in [-0.39, 0.29) is 35.1 Å². The van der Waals surface area contributed by atoms with Crippen molar-refractivity contribution in [2.45, 2.75) is 57.3 Å². The summed E-state index contributed by atoms with van der Waals surface area (Å²) < 4.78 is 41.8. The first kappa shape index (κ1) is 33.8. The van der Waals surface area contributed by atoms with E-state index < -0.39 is 58.4 Å². The van der Waals surface area contributed by atoms with E-state index in [1.54, 1.807) is 38.4 Å². The molecule has 2 aromatic carbocycles. The Labute approximate surface area is 290 Å². The van der Waals surface area contributed by atoms with Crippen LogP contribution in [0.15, 0.2) is 48.8 Å². The van der Waals surface area contributed by atoms with Crippen molar-refractivity contribution < 1.29 is 37.1 Å². The highest BCUT2D eigenvalue weighted by Gasteiger charge is 2.48. The smallest absolute Gasteiger partial charge is 0.370 e. The standard InChI is InChI=1S/C35H33F3N8O5/c1-33(2,32(51)41-21-4-3-20(15-39)26(13-21)35(36,37)38)45-17-23(16-40-45)43-11-9-34(10-12-43)18-44(19-34)22-5-6-24-25(14-22)31(50)46(30(24)49)27-7-8-28(47)42-29(27)48/h3-6,13-14,16-17,27H,7-12,18-19H2,1-2H3,(H,41,51)(H,42,47,48). The number of hydrogen-bond acceptors (Lipinski definition) is 9. The number of benzene rings is 2. The first-order valence-electron chi connectivity index (χ1n) is 16.4. The maximum atomic E-state index is 13.4. The summed E-state index contributed by atoms with van der Waals surface area (Å²) in [5.41, 5.74) is -0.846. The zero-order chi connectivity index (χ0) is 36.5. The number of halogens is 3. The minimum absolute atomic E-state index is 0.0540. The lowest BCUT2D eigenvalue weighted by atomic mass is 9.71. The highest BCUT2D eigenvalue weighted by Crippen LogP contribution is 2.44. The van der Waals surface area contributed by atoms with Crippen LogP contribution in [0.3, 0.4) is 0 Å². The van der Waals surface area contributed by atoms with Crippen LogP contribution in [-0.4, -0.2) is 76.4 Å². The molecule has 2 N–H and O–H groups in total. The summed E-state index contributed by atoms with van der Waals surface area (Å²) in [6.07, 6.45) is 0.553. The first-order chi connectivity index (χ1) is 24.1. The number of nitriles is 1. The summed E-state index contributed by atoms with van der Waals surface area (Å²) in [5, 5.41) is 18.2. The fourth-order valence-electron chi connectivity index (χ4n) is 7.28. The number of carbonyl (C=O) groups excluding carboxylic acids is 5. The van der Waals surface area contributed by atoms with Crippen molar-refractivity contribution in [1.29, 1.82) is 5.26 Å². The molecule has 16 heteroatoms. The van der Waals surface area contributed by atoms with Gasteiger partial charge in [-0.05, 0) is 69.5 Å². The Morgan fingerprint density at radius 1 is 0.980 bits per heavy atom. The quantitative estimate of drug-likeness (QED) is 0.366. The summed E-state index contributed by atoms with van der Waals surface area (Å²) in [4.78, 5) is 68.8. The molecule has 5 amide bonds. The van der Waals surface area contributed by atoms with Gasteiger partial charge in [-0.15, -0.1) is 0 Å². The van der Waals surface area contributed by atoms with E-state index in [1.165, 1.54) is 16.8 Å². The molecule has 1 aromatic heterocycles.